The van der Waals surface area contributed by atoms with E-state index < -0.39 is 28.5 Å². The highest BCUT2D eigenvalue weighted by Gasteiger charge is 2.33. The van der Waals surface area contributed by atoms with Crippen molar-refractivity contribution >= 4 is 27.5 Å². The summed E-state index contributed by atoms with van der Waals surface area (Å²) in [6.07, 6.45) is 5.19. The Bertz CT molecular complexity index is 1380. The molecule has 1 saturated carbocycles. The molecular formula is C32H39N3O4S. The molecule has 8 heteroatoms. The highest BCUT2D eigenvalue weighted by molar-refractivity contribution is 7.92. The van der Waals surface area contributed by atoms with Crippen LogP contribution in [0.4, 0.5) is 5.69 Å². The molecule has 0 aromatic heterocycles. The van der Waals surface area contributed by atoms with Crippen LogP contribution in [-0.2, 0) is 26.2 Å². The van der Waals surface area contributed by atoms with Crippen LogP contribution in [0.3, 0.4) is 0 Å². The lowest BCUT2D eigenvalue weighted by Gasteiger charge is -2.33. The van der Waals surface area contributed by atoms with Gasteiger partial charge in [-0.2, -0.15) is 0 Å². The predicted molar refractivity (Wildman–Crippen MR) is 158 cm³/mol. The van der Waals surface area contributed by atoms with Gasteiger partial charge in [0.2, 0.25) is 11.8 Å². The van der Waals surface area contributed by atoms with E-state index in [2.05, 4.69) is 5.32 Å². The van der Waals surface area contributed by atoms with Crippen molar-refractivity contribution in [2.75, 3.05) is 10.8 Å². The number of aryl methyl sites for hydroxylation is 2. The first-order chi connectivity index (χ1) is 19.1. The van der Waals surface area contributed by atoms with Gasteiger partial charge in [-0.15, -0.1) is 0 Å². The van der Waals surface area contributed by atoms with Gasteiger partial charge in [0.05, 0.1) is 10.6 Å². The number of benzene rings is 3. The molecule has 4 rings (SSSR count). The van der Waals surface area contributed by atoms with Crippen molar-refractivity contribution in [2.45, 2.75) is 76.4 Å². The number of nitrogens with zero attached hydrogens (tertiary/aromatic N) is 2. The van der Waals surface area contributed by atoms with Crippen LogP contribution in [0.1, 0.15) is 55.7 Å². The van der Waals surface area contributed by atoms with Crippen molar-refractivity contribution in [1.29, 1.82) is 0 Å². The summed E-state index contributed by atoms with van der Waals surface area (Å²) < 4.78 is 28.8. The van der Waals surface area contributed by atoms with E-state index in [4.69, 9.17) is 0 Å². The average Bonchev–Trinajstić information content (AvgIpc) is 2.96. The van der Waals surface area contributed by atoms with E-state index in [1.165, 1.54) is 23.5 Å². The van der Waals surface area contributed by atoms with Gasteiger partial charge in [0.15, 0.2) is 0 Å². The van der Waals surface area contributed by atoms with E-state index in [0.29, 0.717) is 5.69 Å². The highest BCUT2D eigenvalue weighted by atomic mass is 32.2. The lowest BCUT2D eigenvalue weighted by molar-refractivity contribution is -0.139. The fourth-order valence-corrected chi connectivity index (χ4v) is 6.44. The molecule has 0 bridgehead atoms. The van der Waals surface area contributed by atoms with Crippen molar-refractivity contribution in [1.82, 2.24) is 10.2 Å². The van der Waals surface area contributed by atoms with Crippen molar-refractivity contribution < 1.29 is 18.0 Å². The number of amides is 2. The zero-order chi connectivity index (χ0) is 28.7. The van der Waals surface area contributed by atoms with Gasteiger partial charge in [0, 0.05) is 12.6 Å². The Morgan fingerprint density at radius 1 is 0.850 bits per heavy atom. The molecule has 1 N–H and O–H groups in total. The van der Waals surface area contributed by atoms with Crippen LogP contribution in [0.5, 0.6) is 0 Å². The van der Waals surface area contributed by atoms with E-state index in [1.807, 2.05) is 50.2 Å². The number of sulfonamides is 1. The standard InChI is InChI=1S/C32H39N3O4S/c1-24-14-18-27(19-15-24)22-34(26(3)32(37)33-28-10-6-4-7-11-28)31(36)23-35(29-20-16-25(2)17-21-29)40(38,39)30-12-8-5-9-13-30/h5,8-9,12-21,26,28H,4,6-7,10-11,22-23H2,1-3H3,(H,33,37). The van der Waals surface area contributed by atoms with Gasteiger partial charge in [0.1, 0.15) is 12.6 Å². The molecule has 0 heterocycles. The normalized spacial score (nSPS) is 14.8. The topological polar surface area (TPSA) is 86.8 Å². The molecular weight excluding hydrogens is 522 g/mol. The van der Waals surface area contributed by atoms with Gasteiger partial charge in [-0.25, -0.2) is 8.42 Å². The molecule has 1 aliphatic rings. The second-order valence-corrected chi connectivity index (χ2v) is 12.5. The largest absolute Gasteiger partial charge is 0.352 e. The maximum Gasteiger partial charge on any atom is 0.264 e. The first-order valence-corrected chi connectivity index (χ1v) is 15.4. The summed E-state index contributed by atoms with van der Waals surface area (Å²) in [5.74, 6) is -0.674. The Kier molecular flexibility index (Phi) is 9.63. The summed E-state index contributed by atoms with van der Waals surface area (Å²) in [6, 6.07) is 22.2. The second kappa shape index (κ2) is 13.1. The zero-order valence-corrected chi connectivity index (χ0v) is 24.4. The van der Waals surface area contributed by atoms with Crippen molar-refractivity contribution in [3.05, 3.63) is 95.6 Å². The number of anilines is 1. The molecule has 1 atom stereocenters. The third kappa shape index (κ3) is 7.30. The van der Waals surface area contributed by atoms with Crippen molar-refractivity contribution in [3.63, 3.8) is 0 Å². The number of hydrogen-bond donors (Lipinski definition) is 1. The van der Waals surface area contributed by atoms with Crippen LogP contribution < -0.4 is 9.62 Å². The molecule has 0 radical (unpaired) electrons. The van der Waals surface area contributed by atoms with Crippen molar-refractivity contribution in [3.8, 4) is 0 Å². The number of nitrogens with one attached hydrogen (secondary N) is 1. The lowest BCUT2D eigenvalue weighted by Crippen LogP contribution is -2.53. The summed E-state index contributed by atoms with van der Waals surface area (Å²) >= 11 is 0. The lowest BCUT2D eigenvalue weighted by atomic mass is 9.95. The van der Waals surface area contributed by atoms with Gasteiger partial charge in [-0.3, -0.25) is 13.9 Å². The van der Waals surface area contributed by atoms with Gasteiger partial charge >= 0.3 is 0 Å². The molecule has 0 saturated heterocycles. The third-order valence-electron chi connectivity index (χ3n) is 7.52. The van der Waals surface area contributed by atoms with Gasteiger partial charge in [-0.05, 0) is 63.4 Å². The first-order valence-electron chi connectivity index (χ1n) is 13.9. The summed E-state index contributed by atoms with van der Waals surface area (Å²) in [6.45, 7) is 5.37. The molecule has 3 aromatic carbocycles. The Labute approximate surface area is 238 Å². The van der Waals surface area contributed by atoms with Crippen molar-refractivity contribution in [2.24, 2.45) is 0 Å². The maximum atomic E-state index is 14.0. The highest BCUT2D eigenvalue weighted by Crippen LogP contribution is 2.25. The molecule has 0 spiro atoms. The molecule has 0 aliphatic heterocycles. The van der Waals surface area contributed by atoms with E-state index in [1.54, 1.807) is 37.3 Å². The maximum absolute atomic E-state index is 14.0. The van der Waals surface area contributed by atoms with Crippen LogP contribution in [0.2, 0.25) is 0 Å². The minimum atomic E-state index is -4.06. The minimum absolute atomic E-state index is 0.0940. The average molecular weight is 562 g/mol. The monoisotopic (exact) mass is 561 g/mol. The second-order valence-electron chi connectivity index (χ2n) is 10.7. The summed E-state index contributed by atoms with van der Waals surface area (Å²) in [5.41, 5.74) is 3.31. The van der Waals surface area contributed by atoms with E-state index in [-0.39, 0.29) is 23.4 Å². The van der Waals surface area contributed by atoms with Crippen LogP contribution in [0.15, 0.2) is 83.8 Å². The fraction of sp³-hybridized carbons (Fsp3) is 0.375. The van der Waals surface area contributed by atoms with E-state index in [0.717, 1.165) is 46.7 Å². The number of carbonyl (C=O) groups excluding carboxylic acids is 2. The molecule has 2 amide bonds. The Hall–Kier alpha value is -3.65. The Morgan fingerprint density at radius 3 is 2.02 bits per heavy atom. The summed E-state index contributed by atoms with van der Waals surface area (Å²) in [7, 11) is -4.06. The predicted octanol–water partition coefficient (Wildman–Crippen LogP) is 5.36. The summed E-state index contributed by atoms with van der Waals surface area (Å²) in [5, 5.41) is 3.13. The molecule has 7 nitrogen and oxygen atoms in total. The Morgan fingerprint density at radius 2 is 1.43 bits per heavy atom. The van der Waals surface area contributed by atoms with Gasteiger partial charge in [0.25, 0.3) is 10.0 Å². The third-order valence-corrected chi connectivity index (χ3v) is 9.31. The molecule has 1 unspecified atom stereocenters. The molecule has 1 aliphatic carbocycles. The fourth-order valence-electron chi connectivity index (χ4n) is 5.00. The number of rotatable bonds is 10. The quantitative estimate of drug-likeness (QED) is 0.361. The zero-order valence-electron chi connectivity index (χ0n) is 23.5. The SMILES string of the molecule is Cc1ccc(CN(C(=O)CN(c2ccc(C)cc2)S(=O)(=O)c2ccccc2)C(C)C(=O)NC2CCCCC2)cc1. The molecule has 212 valence electrons. The van der Waals surface area contributed by atoms with Gasteiger partial charge in [-0.1, -0.05) is 85.0 Å². The summed E-state index contributed by atoms with van der Waals surface area (Å²) in [4.78, 5) is 29.0. The van der Waals surface area contributed by atoms with E-state index in [9.17, 15) is 18.0 Å². The molecule has 1 fully saturated rings. The Balaban J connectivity index is 1.65. The van der Waals surface area contributed by atoms with Crippen LogP contribution >= 0.6 is 0 Å². The molecule has 40 heavy (non-hydrogen) atoms. The van der Waals surface area contributed by atoms with Crippen LogP contribution in [-0.4, -0.2) is 43.8 Å². The van der Waals surface area contributed by atoms with Crippen LogP contribution in [0, 0.1) is 13.8 Å². The first kappa shape index (κ1) is 29.3. The smallest absolute Gasteiger partial charge is 0.264 e. The van der Waals surface area contributed by atoms with Crippen LogP contribution in [0.25, 0.3) is 0 Å². The molecule has 3 aromatic rings. The number of hydrogen-bond acceptors (Lipinski definition) is 4. The van der Waals surface area contributed by atoms with Gasteiger partial charge < -0.3 is 10.2 Å². The minimum Gasteiger partial charge on any atom is -0.352 e. The van der Waals surface area contributed by atoms with E-state index >= 15 is 0 Å². The number of carbonyl (C=O) groups is 2.